The highest BCUT2D eigenvalue weighted by Crippen LogP contribution is 2.40. The first-order chi connectivity index (χ1) is 13.0. The largest absolute Gasteiger partial charge is 0.348 e. The molecule has 1 aromatic carbocycles. The van der Waals surface area contributed by atoms with Gasteiger partial charge in [-0.2, -0.15) is 0 Å². The Labute approximate surface area is 162 Å². The van der Waals surface area contributed by atoms with Crippen LogP contribution in [0.3, 0.4) is 0 Å². The van der Waals surface area contributed by atoms with Gasteiger partial charge in [0.15, 0.2) is 0 Å². The van der Waals surface area contributed by atoms with Gasteiger partial charge in [0.1, 0.15) is 0 Å². The van der Waals surface area contributed by atoms with Crippen molar-refractivity contribution in [3.63, 3.8) is 0 Å². The van der Waals surface area contributed by atoms with Crippen molar-refractivity contribution in [2.45, 2.75) is 38.6 Å². The molecule has 0 radical (unpaired) electrons. The minimum absolute atomic E-state index is 0.0200. The summed E-state index contributed by atoms with van der Waals surface area (Å²) in [5.41, 5.74) is 1.35. The summed E-state index contributed by atoms with van der Waals surface area (Å²) in [5.74, 6) is 0.326. The molecular formula is C22H31N3O2. The molecule has 0 bridgehead atoms. The number of rotatable bonds is 6. The molecule has 2 fully saturated rings. The summed E-state index contributed by atoms with van der Waals surface area (Å²) >= 11 is 0. The van der Waals surface area contributed by atoms with Crippen molar-refractivity contribution in [3.05, 3.63) is 48.6 Å². The van der Waals surface area contributed by atoms with Crippen LogP contribution in [0.4, 0.5) is 0 Å². The van der Waals surface area contributed by atoms with Gasteiger partial charge in [0.2, 0.25) is 11.8 Å². The second kappa shape index (κ2) is 8.70. The van der Waals surface area contributed by atoms with E-state index in [0.717, 1.165) is 44.5 Å². The molecule has 2 aliphatic heterocycles. The van der Waals surface area contributed by atoms with Gasteiger partial charge in [-0.1, -0.05) is 36.4 Å². The van der Waals surface area contributed by atoms with Gasteiger partial charge >= 0.3 is 0 Å². The van der Waals surface area contributed by atoms with Crippen molar-refractivity contribution < 1.29 is 9.59 Å². The molecule has 1 aromatic rings. The Morgan fingerprint density at radius 2 is 1.96 bits per heavy atom. The van der Waals surface area contributed by atoms with E-state index in [0.29, 0.717) is 19.5 Å². The maximum atomic E-state index is 12.4. The minimum atomic E-state index is 0.0200. The SMILES string of the molecule is C=CCN1CC2(CCC1=O)CCN(CC(=O)N[C@@H](C)c1ccccc1)CC2. The van der Waals surface area contributed by atoms with Crippen LogP contribution in [0.5, 0.6) is 0 Å². The molecule has 5 heteroatoms. The number of piperidine rings is 2. The molecule has 1 spiro atoms. The normalized spacial score (nSPS) is 21.1. The number of nitrogens with zero attached hydrogens (tertiary/aromatic N) is 2. The first-order valence-electron chi connectivity index (χ1n) is 9.97. The molecule has 0 aliphatic carbocycles. The number of carbonyl (C=O) groups excluding carboxylic acids is 2. The van der Waals surface area contributed by atoms with Crippen LogP contribution in [0.25, 0.3) is 0 Å². The zero-order valence-electron chi connectivity index (χ0n) is 16.3. The van der Waals surface area contributed by atoms with Gasteiger partial charge < -0.3 is 10.2 Å². The number of benzene rings is 1. The molecule has 1 atom stereocenters. The Morgan fingerprint density at radius 1 is 1.26 bits per heavy atom. The number of carbonyl (C=O) groups is 2. The highest BCUT2D eigenvalue weighted by Gasteiger charge is 2.40. The van der Waals surface area contributed by atoms with Gasteiger partial charge in [-0.05, 0) is 50.3 Å². The highest BCUT2D eigenvalue weighted by atomic mass is 16.2. The predicted octanol–water partition coefficient (Wildman–Crippen LogP) is 2.75. The molecule has 1 N–H and O–H groups in total. The summed E-state index contributed by atoms with van der Waals surface area (Å²) in [6.45, 7) is 9.55. The van der Waals surface area contributed by atoms with Crippen LogP contribution in [-0.4, -0.2) is 54.3 Å². The van der Waals surface area contributed by atoms with E-state index in [1.165, 1.54) is 0 Å². The van der Waals surface area contributed by atoms with Crippen molar-refractivity contribution in [1.29, 1.82) is 0 Å². The van der Waals surface area contributed by atoms with Crippen LogP contribution in [-0.2, 0) is 9.59 Å². The number of likely N-dealkylation sites (tertiary alicyclic amines) is 2. The van der Waals surface area contributed by atoms with Crippen molar-refractivity contribution in [3.8, 4) is 0 Å². The fourth-order valence-electron chi connectivity index (χ4n) is 4.33. The van der Waals surface area contributed by atoms with E-state index in [1.807, 2.05) is 48.2 Å². The number of hydrogen-bond acceptors (Lipinski definition) is 3. The van der Waals surface area contributed by atoms with Crippen LogP contribution in [0.1, 0.15) is 44.2 Å². The lowest BCUT2D eigenvalue weighted by Crippen LogP contribution is -2.52. The Bertz CT molecular complexity index is 665. The smallest absolute Gasteiger partial charge is 0.234 e. The van der Waals surface area contributed by atoms with E-state index >= 15 is 0 Å². The summed E-state index contributed by atoms with van der Waals surface area (Å²) in [6.07, 6.45) is 5.53. The Morgan fingerprint density at radius 3 is 2.63 bits per heavy atom. The molecule has 5 nitrogen and oxygen atoms in total. The lowest BCUT2D eigenvalue weighted by Gasteiger charge is -2.47. The van der Waals surface area contributed by atoms with E-state index in [4.69, 9.17) is 0 Å². The van der Waals surface area contributed by atoms with E-state index in [2.05, 4.69) is 16.8 Å². The summed E-state index contributed by atoms with van der Waals surface area (Å²) < 4.78 is 0. The monoisotopic (exact) mass is 369 g/mol. The zero-order chi connectivity index (χ0) is 19.3. The molecule has 3 rings (SSSR count). The Hall–Kier alpha value is -2.14. The molecule has 27 heavy (non-hydrogen) atoms. The third kappa shape index (κ3) is 4.98. The van der Waals surface area contributed by atoms with Crippen LogP contribution in [0.15, 0.2) is 43.0 Å². The first-order valence-corrected chi connectivity index (χ1v) is 9.97. The quantitative estimate of drug-likeness (QED) is 0.785. The van der Waals surface area contributed by atoms with E-state index in [9.17, 15) is 9.59 Å². The number of hydrogen-bond donors (Lipinski definition) is 1. The van der Waals surface area contributed by atoms with Crippen molar-refractivity contribution >= 4 is 11.8 Å². The average Bonchev–Trinajstić information content (AvgIpc) is 2.68. The van der Waals surface area contributed by atoms with Gasteiger partial charge in [0, 0.05) is 19.5 Å². The van der Waals surface area contributed by atoms with Gasteiger partial charge in [-0.3, -0.25) is 14.5 Å². The third-order valence-electron chi connectivity index (χ3n) is 6.06. The van der Waals surface area contributed by atoms with E-state index < -0.39 is 0 Å². The first kappa shape index (κ1) is 19.6. The summed E-state index contributed by atoms with van der Waals surface area (Å²) in [5, 5.41) is 3.10. The minimum Gasteiger partial charge on any atom is -0.348 e. The molecule has 0 aromatic heterocycles. The van der Waals surface area contributed by atoms with Gasteiger partial charge in [0.25, 0.3) is 0 Å². The summed E-state index contributed by atoms with van der Waals surface area (Å²) in [6, 6.07) is 10.1. The predicted molar refractivity (Wildman–Crippen MR) is 107 cm³/mol. The highest BCUT2D eigenvalue weighted by molar-refractivity contribution is 5.78. The second-order valence-corrected chi connectivity index (χ2v) is 8.04. The van der Waals surface area contributed by atoms with Crippen LogP contribution < -0.4 is 5.32 Å². The molecule has 146 valence electrons. The second-order valence-electron chi connectivity index (χ2n) is 8.04. The summed E-state index contributed by atoms with van der Waals surface area (Å²) in [4.78, 5) is 28.7. The van der Waals surface area contributed by atoms with E-state index in [-0.39, 0.29) is 23.3 Å². The Balaban J connectivity index is 1.47. The fourth-order valence-corrected chi connectivity index (χ4v) is 4.33. The molecule has 2 saturated heterocycles. The maximum Gasteiger partial charge on any atom is 0.234 e. The number of amides is 2. The van der Waals surface area contributed by atoms with Crippen LogP contribution in [0.2, 0.25) is 0 Å². The standard InChI is InChI=1S/C22H31N3O2/c1-3-13-25-17-22(10-9-21(25)27)11-14-24(15-12-22)16-20(26)23-18(2)19-7-5-4-6-8-19/h3-8,18H,1,9-17H2,2H3,(H,23,26)/t18-/m0/s1. The average molecular weight is 370 g/mol. The maximum absolute atomic E-state index is 12.4. The molecule has 2 amide bonds. The fraction of sp³-hybridized carbons (Fsp3) is 0.545. The van der Waals surface area contributed by atoms with Crippen molar-refractivity contribution in [2.24, 2.45) is 5.41 Å². The Kier molecular flexibility index (Phi) is 6.32. The summed E-state index contributed by atoms with van der Waals surface area (Å²) in [7, 11) is 0. The topological polar surface area (TPSA) is 52.7 Å². The van der Waals surface area contributed by atoms with Gasteiger partial charge in [-0.15, -0.1) is 6.58 Å². The molecule has 2 heterocycles. The van der Waals surface area contributed by atoms with Crippen molar-refractivity contribution in [1.82, 2.24) is 15.1 Å². The van der Waals surface area contributed by atoms with Gasteiger partial charge in [0.05, 0.1) is 12.6 Å². The lowest BCUT2D eigenvalue weighted by atomic mass is 9.72. The molecule has 2 aliphatic rings. The van der Waals surface area contributed by atoms with E-state index in [1.54, 1.807) is 0 Å². The number of nitrogens with one attached hydrogen (secondary N) is 1. The molecule has 0 saturated carbocycles. The third-order valence-corrected chi connectivity index (χ3v) is 6.06. The molecule has 0 unspecified atom stereocenters. The molecular weight excluding hydrogens is 338 g/mol. The zero-order valence-corrected chi connectivity index (χ0v) is 16.3. The lowest BCUT2D eigenvalue weighted by molar-refractivity contribution is -0.138. The van der Waals surface area contributed by atoms with Crippen LogP contribution >= 0.6 is 0 Å². The van der Waals surface area contributed by atoms with Crippen LogP contribution in [0, 0.1) is 5.41 Å². The van der Waals surface area contributed by atoms with Crippen molar-refractivity contribution in [2.75, 3.05) is 32.7 Å². The van der Waals surface area contributed by atoms with Gasteiger partial charge in [-0.25, -0.2) is 0 Å².